The maximum Gasteiger partial charge on any atom is 0.416 e. The summed E-state index contributed by atoms with van der Waals surface area (Å²) in [5, 5.41) is 0. The van der Waals surface area contributed by atoms with E-state index in [1.807, 2.05) is 0 Å². The number of hydrogen-bond donors (Lipinski definition) is 1. The number of benzene rings is 2. The fourth-order valence-corrected chi connectivity index (χ4v) is 3.83. The van der Waals surface area contributed by atoms with Crippen molar-refractivity contribution >= 4 is 5.91 Å². The van der Waals surface area contributed by atoms with E-state index in [-0.39, 0.29) is 42.8 Å². The second kappa shape index (κ2) is 9.21. The molecule has 2 N–H and O–H groups in total. The Hall–Kier alpha value is -3.60. The highest BCUT2D eigenvalue weighted by atomic mass is 19.4. The van der Waals surface area contributed by atoms with E-state index in [9.17, 15) is 31.1 Å². The van der Waals surface area contributed by atoms with Crippen molar-refractivity contribution in [1.29, 1.82) is 0 Å². The van der Waals surface area contributed by atoms with Gasteiger partial charge in [0.2, 0.25) is 5.88 Å². The van der Waals surface area contributed by atoms with Gasteiger partial charge in [-0.1, -0.05) is 30.3 Å². The van der Waals surface area contributed by atoms with E-state index >= 15 is 0 Å². The highest BCUT2D eigenvalue weighted by Gasteiger charge is 2.37. The first-order valence-electron chi connectivity index (χ1n) is 10.5. The zero-order valence-electron chi connectivity index (χ0n) is 18.1. The average Bonchev–Trinajstić information content (AvgIpc) is 2.96. The van der Waals surface area contributed by atoms with Crippen LogP contribution in [-0.2, 0) is 25.4 Å². The van der Waals surface area contributed by atoms with Crippen LogP contribution in [0, 0.1) is 0 Å². The fraction of sp³-hybridized carbons (Fsp3) is 0.250. The molecule has 1 aliphatic heterocycles. The van der Waals surface area contributed by atoms with Gasteiger partial charge in [0.05, 0.1) is 23.4 Å². The number of fused-ring (bicyclic) bond motifs is 1. The molecule has 0 saturated heterocycles. The van der Waals surface area contributed by atoms with Gasteiger partial charge in [-0.3, -0.25) is 4.79 Å². The molecular formula is C24H19F6N3O2. The zero-order valence-corrected chi connectivity index (χ0v) is 18.1. The van der Waals surface area contributed by atoms with Crippen molar-refractivity contribution in [3.05, 3.63) is 82.5 Å². The van der Waals surface area contributed by atoms with E-state index in [2.05, 4.69) is 4.98 Å². The van der Waals surface area contributed by atoms with Gasteiger partial charge in [-0.15, -0.1) is 0 Å². The average molecular weight is 495 g/mol. The third-order valence-corrected chi connectivity index (χ3v) is 5.46. The lowest BCUT2D eigenvalue weighted by Crippen LogP contribution is -2.32. The van der Waals surface area contributed by atoms with Crippen LogP contribution in [-0.4, -0.2) is 28.9 Å². The number of hydrogen-bond acceptors (Lipinski definition) is 4. The first-order valence-corrected chi connectivity index (χ1v) is 10.5. The molecule has 1 aliphatic rings. The molecule has 0 radical (unpaired) electrons. The van der Waals surface area contributed by atoms with E-state index in [0.717, 1.165) is 4.90 Å². The lowest BCUT2D eigenvalue weighted by molar-refractivity contribution is -0.143. The molecule has 5 nitrogen and oxygen atoms in total. The molecule has 2 aromatic carbocycles. The van der Waals surface area contributed by atoms with E-state index in [0.29, 0.717) is 29.0 Å². The number of carbonyl (C=O) groups is 1. The molecule has 0 aliphatic carbocycles. The summed E-state index contributed by atoms with van der Waals surface area (Å²) in [4.78, 5) is 18.9. The monoisotopic (exact) mass is 495 g/mol. The standard InChI is InChI=1S/C24H19F6N3O2/c25-23(26,27)16-8-14(9-17(10-16)24(28,29)30)13-33-6-7-35-21-20(22(33)34)19(11-18(12-31)32-21)15-4-2-1-3-5-15/h1-5,8-11H,6-7,12-13,31H2. The summed E-state index contributed by atoms with van der Waals surface area (Å²) >= 11 is 0. The van der Waals surface area contributed by atoms with Crippen molar-refractivity contribution in [2.75, 3.05) is 13.2 Å². The van der Waals surface area contributed by atoms with E-state index in [1.54, 1.807) is 36.4 Å². The second-order valence-electron chi connectivity index (χ2n) is 7.90. The van der Waals surface area contributed by atoms with Crippen molar-refractivity contribution < 1.29 is 35.9 Å². The molecule has 184 valence electrons. The van der Waals surface area contributed by atoms with Crippen LogP contribution in [0.15, 0.2) is 54.6 Å². The molecule has 0 spiro atoms. The lowest BCUT2D eigenvalue weighted by atomic mass is 9.98. The Bertz CT molecular complexity index is 1210. The quantitative estimate of drug-likeness (QED) is 0.501. The van der Waals surface area contributed by atoms with Crippen LogP contribution in [0.1, 0.15) is 32.7 Å². The van der Waals surface area contributed by atoms with Gasteiger partial charge < -0.3 is 15.4 Å². The number of ether oxygens (including phenoxy) is 1. The summed E-state index contributed by atoms with van der Waals surface area (Å²) in [7, 11) is 0. The van der Waals surface area contributed by atoms with Crippen molar-refractivity contribution in [2.24, 2.45) is 5.73 Å². The van der Waals surface area contributed by atoms with Crippen molar-refractivity contribution in [3.63, 3.8) is 0 Å². The molecule has 4 rings (SSSR count). The summed E-state index contributed by atoms with van der Waals surface area (Å²) in [6.45, 7) is -0.543. The molecule has 35 heavy (non-hydrogen) atoms. The molecule has 2 heterocycles. The Labute approximate surface area is 196 Å². The van der Waals surface area contributed by atoms with Gasteiger partial charge >= 0.3 is 12.4 Å². The summed E-state index contributed by atoms with van der Waals surface area (Å²) in [5.41, 5.74) is 4.16. The van der Waals surface area contributed by atoms with Gasteiger partial charge in [-0.2, -0.15) is 26.3 Å². The molecular weight excluding hydrogens is 476 g/mol. The van der Waals surface area contributed by atoms with E-state index in [4.69, 9.17) is 10.5 Å². The normalized spacial score (nSPS) is 14.4. The highest BCUT2D eigenvalue weighted by Crippen LogP contribution is 2.37. The largest absolute Gasteiger partial charge is 0.475 e. The van der Waals surface area contributed by atoms with Crippen molar-refractivity contribution in [3.8, 4) is 17.0 Å². The minimum Gasteiger partial charge on any atom is -0.475 e. The van der Waals surface area contributed by atoms with Gasteiger partial charge in [0, 0.05) is 18.7 Å². The van der Waals surface area contributed by atoms with Crippen LogP contribution < -0.4 is 10.5 Å². The summed E-state index contributed by atoms with van der Waals surface area (Å²) in [6, 6.07) is 11.7. The number of carbonyl (C=O) groups excluding carboxylic acids is 1. The number of nitrogens with zero attached hydrogens (tertiary/aromatic N) is 2. The zero-order chi connectivity index (χ0) is 25.4. The lowest BCUT2D eigenvalue weighted by Gasteiger charge is -2.22. The first-order chi connectivity index (χ1) is 16.5. The number of rotatable bonds is 4. The number of alkyl halides is 6. The van der Waals surface area contributed by atoms with Gasteiger partial charge in [0.1, 0.15) is 12.2 Å². The molecule has 0 saturated carbocycles. The summed E-state index contributed by atoms with van der Waals surface area (Å²) in [5.74, 6) is -0.613. The fourth-order valence-electron chi connectivity index (χ4n) is 3.83. The van der Waals surface area contributed by atoms with Crippen LogP contribution in [0.3, 0.4) is 0 Å². The summed E-state index contributed by atoms with van der Waals surface area (Å²) < 4.78 is 85.3. The number of nitrogens with two attached hydrogens (primary N) is 1. The van der Waals surface area contributed by atoms with Crippen LogP contribution in [0.25, 0.3) is 11.1 Å². The summed E-state index contributed by atoms with van der Waals surface area (Å²) in [6.07, 6.45) is -9.98. The third kappa shape index (κ3) is 5.24. The van der Waals surface area contributed by atoms with E-state index in [1.165, 1.54) is 0 Å². The SMILES string of the molecule is NCc1cc(-c2ccccc2)c2c(n1)OCCN(Cc1cc(C(F)(F)F)cc(C(F)(F)F)c1)C2=O. The number of pyridine rings is 1. The van der Waals surface area contributed by atoms with Crippen molar-refractivity contribution in [2.45, 2.75) is 25.4 Å². The second-order valence-corrected chi connectivity index (χ2v) is 7.90. The molecule has 3 aromatic rings. The van der Waals surface area contributed by atoms with Crippen LogP contribution in [0.2, 0.25) is 0 Å². The Morgan fingerprint density at radius 1 is 0.943 bits per heavy atom. The van der Waals surface area contributed by atoms with E-state index < -0.39 is 35.9 Å². The third-order valence-electron chi connectivity index (χ3n) is 5.46. The van der Waals surface area contributed by atoms with Gasteiger partial charge in [-0.25, -0.2) is 4.98 Å². The smallest absolute Gasteiger partial charge is 0.416 e. The predicted octanol–water partition coefficient (Wildman–Crippen LogP) is 5.28. The van der Waals surface area contributed by atoms with Gasteiger partial charge in [-0.05, 0) is 35.4 Å². The first kappa shape index (κ1) is 24.5. The molecule has 1 amide bonds. The molecule has 1 aromatic heterocycles. The van der Waals surface area contributed by atoms with Gasteiger partial charge in [0.15, 0.2) is 0 Å². The molecule has 11 heteroatoms. The highest BCUT2D eigenvalue weighted by molar-refractivity contribution is 6.03. The molecule has 0 atom stereocenters. The molecule has 0 unspecified atom stereocenters. The van der Waals surface area contributed by atoms with Crippen LogP contribution >= 0.6 is 0 Å². The topological polar surface area (TPSA) is 68.5 Å². The molecule has 0 bridgehead atoms. The Morgan fingerprint density at radius 2 is 1.57 bits per heavy atom. The van der Waals surface area contributed by atoms with Crippen LogP contribution in [0.5, 0.6) is 5.88 Å². The maximum atomic E-state index is 13.5. The Morgan fingerprint density at radius 3 is 2.14 bits per heavy atom. The Balaban J connectivity index is 1.77. The van der Waals surface area contributed by atoms with Crippen LogP contribution in [0.4, 0.5) is 26.3 Å². The van der Waals surface area contributed by atoms with Crippen molar-refractivity contribution in [1.82, 2.24) is 9.88 Å². The molecule has 0 fully saturated rings. The van der Waals surface area contributed by atoms with Gasteiger partial charge in [0.25, 0.3) is 5.91 Å². The maximum absolute atomic E-state index is 13.5. The minimum atomic E-state index is -4.99. The number of amides is 1. The number of aromatic nitrogens is 1. The predicted molar refractivity (Wildman–Crippen MR) is 114 cm³/mol. The minimum absolute atomic E-state index is 0.0133. The Kier molecular flexibility index (Phi) is 6.46. The number of halogens is 6.